The van der Waals surface area contributed by atoms with Crippen LogP contribution in [0.5, 0.6) is 0 Å². The van der Waals surface area contributed by atoms with Gasteiger partial charge in [-0.2, -0.15) is 0 Å². The molecule has 1 N–H and O–H groups in total. The summed E-state index contributed by atoms with van der Waals surface area (Å²) in [5, 5.41) is 3.80. The van der Waals surface area contributed by atoms with Gasteiger partial charge in [0, 0.05) is 34.9 Å². The topological polar surface area (TPSA) is 62.6 Å². The van der Waals surface area contributed by atoms with Gasteiger partial charge in [-0.25, -0.2) is 4.79 Å². The number of carbonyl (C=O) groups is 1. The number of rotatable bonds is 4. The summed E-state index contributed by atoms with van der Waals surface area (Å²) in [5.74, 6) is -0.221. The van der Waals surface area contributed by atoms with Gasteiger partial charge in [0.2, 0.25) is 0 Å². The normalized spacial score (nSPS) is 16.0. The van der Waals surface area contributed by atoms with E-state index >= 15 is 0 Å². The summed E-state index contributed by atoms with van der Waals surface area (Å²) < 4.78 is 5.45. The lowest BCUT2D eigenvalue weighted by Gasteiger charge is -2.35. The molecule has 5 rings (SSSR count). The molecular formula is C28H26N2O3. The van der Waals surface area contributed by atoms with Gasteiger partial charge in [0.1, 0.15) is 5.58 Å². The summed E-state index contributed by atoms with van der Waals surface area (Å²) in [5.41, 5.74) is 3.61. The van der Waals surface area contributed by atoms with Crippen molar-refractivity contribution in [3.63, 3.8) is 0 Å². The van der Waals surface area contributed by atoms with Crippen molar-refractivity contribution in [2.75, 3.05) is 16.8 Å². The Morgan fingerprint density at radius 3 is 2.61 bits per heavy atom. The predicted molar refractivity (Wildman–Crippen MR) is 133 cm³/mol. The second-order valence-electron chi connectivity index (χ2n) is 8.61. The number of hydrogen-bond acceptors (Lipinski definition) is 4. The highest BCUT2D eigenvalue weighted by Gasteiger charge is 2.18. The van der Waals surface area contributed by atoms with Crippen LogP contribution in [0.1, 0.15) is 36.5 Å². The van der Waals surface area contributed by atoms with Crippen LogP contribution in [0.2, 0.25) is 0 Å². The molecule has 1 aliphatic rings. The van der Waals surface area contributed by atoms with E-state index in [9.17, 15) is 9.59 Å². The summed E-state index contributed by atoms with van der Waals surface area (Å²) >= 11 is 0. The molecule has 3 aromatic carbocycles. The molecule has 0 bridgehead atoms. The monoisotopic (exact) mass is 438 g/mol. The molecule has 33 heavy (non-hydrogen) atoms. The Hall–Kier alpha value is -3.86. The number of hydrogen-bond donors (Lipinski definition) is 1. The van der Waals surface area contributed by atoms with Crippen LogP contribution in [0.3, 0.4) is 0 Å². The molecule has 1 unspecified atom stereocenters. The molecule has 0 aliphatic carbocycles. The summed E-state index contributed by atoms with van der Waals surface area (Å²) in [6, 6.07) is 24.8. The lowest BCUT2D eigenvalue weighted by atomic mass is 10.0. The van der Waals surface area contributed by atoms with Crippen LogP contribution in [0, 0.1) is 0 Å². The largest absolute Gasteiger partial charge is 0.422 e. The van der Waals surface area contributed by atoms with Crippen LogP contribution < -0.4 is 15.8 Å². The molecule has 0 spiro atoms. The van der Waals surface area contributed by atoms with Crippen LogP contribution in [0.4, 0.5) is 11.4 Å². The van der Waals surface area contributed by atoms with E-state index in [0.717, 1.165) is 17.6 Å². The van der Waals surface area contributed by atoms with Crippen molar-refractivity contribution in [1.29, 1.82) is 0 Å². The third kappa shape index (κ3) is 4.40. The third-order valence-corrected chi connectivity index (χ3v) is 6.34. The highest BCUT2D eigenvalue weighted by atomic mass is 16.4. The van der Waals surface area contributed by atoms with E-state index in [2.05, 4.69) is 29.3 Å². The quantitative estimate of drug-likeness (QED) is 0.392. The van der Waals surface area contributed by atoms with E-state index in [4.69, 9.17) is 4.42 Å². The molecule has 0 radical (unpaired) electrons. The van der Waals surface area contributed by atoms with Gasteiger partial charge in [-0.3, -0.25) is 4.79 Å². The van der Waals surface area contributed by atoms with E-state index in [0.29, 0.717) is 28.3 Å². The van der Waals surface area contributed by atoms with Gasteiger partial charge < -0.3 is 14.6 Å². The lowest BCUT2D eigenvalue weighted by Crippen LogP contribution is -2.37. The molecular weight excluding hydrogens is 412 g/mol. The summed E-state index contributed by atoms with van der Waals surface area (Å²) in [4.78, 5) is 27.9. The first-order chi connectivity index (χ1) is 16.1. The van der Waals surface area contributed by atoms with Gasteiger partial charge in [0.15, 0.2) is 0 Å². The number of para-hydroxylation sites is 1. The highest BCUT2D eigenvalue weighted by molar-refractivity contribution is 6.05. The van der Waals surface area contributed by atoms with E-state index in [1.54, 1.807) is 30.3 Å². The van der Waals surface area contributed by atoms with E-state index in [-0.39, 0.29) is 5.91 Å². The van der Waals surface area contributed by atoms with Crippen LogP contribution >= 0.6 is 0 Å². The second-order valence-corrected chi connectivity index (χ2v) is 8.61. The molecule has 1 aromatic heterocycles. The number of fused-ring (bicyclic) bond motifs is 1. The standard InChI is InChI=1S/C28H26N2O3/c1-19-7-4-5-16-30(19)24-14-12-23(13-15-24)29-27(31)22-10-6-9-20(17-22)25-18-21-8-2-3-11-26(21)33-28(25)32/h2-3,6,8-15,17-19H,4-5,7,16H2,1H3,(H,29,31). The van der Waals surface area contributed by atoms with E-state index < -0.39 is 5.63 Å². The number of nitrogens with zero attached hydrogens (tertiary/aromatic N) is 1. The molecule has 5 nitrogen and oxygen atoms in total. The van der Waals surface area contributed by atoms with Crippen molar-refractivity contribution >= 4 is 28.3 Å². The predicted octanol–water partition coefficient (Wildman–Crippen LogP) is 6.09. The number of piperidine rings is 1. The molecule has 0 saturated carbocycles. The Bertz CT molecular complexity index is 1360. The fourth-order valence-electron chi connectivity index (χ4n) is 4.51. The Kier molecular flexibility index (Phi) is 5.69. The van der Waals surface area contributed by atoms with Crippen LogP contribution in [0.15, 0.2) is 88.1 Å². The number of benzene rings is 3. The molecule has 2 heterocycles. The zero-order valence-electron chi connectivity index (χ0n) is 18.6. The second kappa shape index (κ2) is 8.94. The molecule has 1 fully saturated rings. The molecule has 1 atom stereocenters. The molecule has 4 aromatic rings. The van der Waals surface area contributed by atoms with Crippen molar-refractivity contribution in [2.45, 2.75) is 32.2 Å². The highest BCUT2D eigenvalue weighted by Crippen LogP contribution is 2.26. The van der Waals surface area contributed by atoms with Crippen LogP contribution in [-0.2, 0) is 0 Å². The Balaban J connectivity index is 1.35. The van der Waals surface area contributed by atoms with Gasteiger partial charge in [-0.15, -0.1) is 0 Å². The average molecular weight is 439 g/mol. The average Bonchev–Trinajstić information content (AvgIpc) is 2.84. The Labute approximate surface area is 192 Å². The summed E-state index contributed by atoms with van der Waals surface area (Å²) in [7, 11) is 0. The molecule has 1 amide bonds. The minimum atomic E-state index is -0.422. The maximum absolute atomic E-state index is 12.9. The Morgan fingerprint density at radius 1 is 0.970 bits per heavy atom. The summed E-state index contributed by atoms with van der Waals surface area (Å²) in [6.07, 6.45) is 3.71. The first-order valence-corrected chi connectivity index (χ1v) is 11.4. The van der Waals surface area contributed by atoms with Crippen molar-refractivity contribution < 1.29 is 9.21 Å². The van der Waals surface area contributed by atoms with Crippen molar-refractivity contribution in [3.05, 3.63) is 94.8 Å². The first-order valence-electron chi connectivity index (χ1n) is 11.4. The van der Waals surface area contributed by atoms with Gasteiger partial charge in [-0.05, 0) is 80.3 Å². The fraction of sp³-hybridized carbons (Fsp3) is 0.214. The SMILES string of the molecule is CC1CCCCN1c1ccc(NC(=O)c2cccc(-c3cc4ccccc4oc3=O)c2)cc1. The Morgan fingerprint density at radius 2 is 1.79 bits per heavy atom. The molecule has 5 heteroatoms. The fourth-order valence-corrected chi connectivity index (χ4v) is 4.51. The van der Waals surface area contributed by atoms with Crippen molar-refractivity contribution in [2.24, 2.45) is 0 Å². The van der Waals surface area contributed by atoms with E-state index in [1.165, 1.54) is 24.9 Å². The number of anilines is 2. The zero-order valence-corrected chi connectivity index (χ0v) is 18.6. The smallest absolute Gasteiger partial charge is 0.344 e. The van der Waals surface area contributed by atoms with Crippen molar-refractivity contribution in [3.8, 4) is 11.1 Å². The molecule has 166 valence electrons. The van der Waals surface area contributed by atoms with Crippen LogP contribution in [-0.4, -0.2) is 18.5 Å². The number of carbonyl (C=O) groups excluding carboxylic acids is 1. The first kappa shape index (κ1) is 21.0. The van der Waals surface area contributed by atoms with Gasteiger partial charge in [0.25, 0.3) is 5.91 Å². The third-order valence-electron chi connectivity index (χ3n) is 6.34. The number of amides is 1. The van der Waals surface area contributed by atoms with Gasteiger partial charge >= 0.3 is 5.63 Å². The van der Waals surface area contributed by atoms with Crippen LogP contribution in [0.25, 0.3) is 22.1 Å². The molecule has 1 aliphatic heterocycles. The zero-order chi connectivity index (χ0) is 22.8. The van der Waals surface area contributed by atoms with Crippen molar-refractivity contribution in [1.82, 2.24) is 0 Å². The lowest BCUT2D eigenvalue weighted by molar-refractivity contribution is 0.102. The van der Waals surface area contributed by atoms with Gasteiger partial charge in [-0.1, -0.05) is 30.3 Å². The maximum Gasteiger partial charge on any atom is 0.344 e. The molecule has 1 saturated heterocycles. The maximum atomic E-state index is 12.9. The van der Waals surface area contributed by atoms with E-state index in [1.807, 2.05) is 36.4 Å². The minimum absolute atomic E-state index is 0.221. The minimum Gasteiger partial charge on any atom is -0.422 e. The number of nitrogens with one attached hydrogen (secondary N) is 1. The van der Waals surface area contributed by atoms with Gasteiger partial charge in [0.05, 0.1) is 5.56 Å². The summed E-state index contributed by atoms with van der Waals surface area (Å²) in [6.45, 7) is 3.33.